The summed E-state index contributed by atoms with van der Waals surface area (Å²) in [5, 5.41) is 13.9. The quantitative estimate of drug-likeness (QED) is 0.0272. The molecule has 0 heterocycles. The number of nitrogens with zero attached hydrogens (tertiary/aromatic N) is 1. The summed E-state index contributed by atoms with van der Waals surface area (Å²) in [6.45, 7) is 4.65. The standard InChI is InChI=1S/C56H109N2O6P/c1-6-8-10-12-14-16-18-20-22-24-26-27-28-29-30-32-33-35-37-39-41-43-45-47-49-55(59)54(53-64-65(61,62)63-52-51-58(3,4)5)57-56(60)50-48-46-44-42-40-38-36-34-31-25-23-21-19-17-15-13-11-9-7-2/h25,31,39,41,47,49,54-55,59H,6-24,26-30,32-38,40,42-46,48,50-53H2,1-5H3,(H-,57,60,61,62)/b31-25-,41-39+,49-47+. The van der Waals surface area contributed by atoms with Crippen molar-refractivity contribution in [3.63, 3.8) is 0 Å². The lowest BCUT2D eigenvalue weighted by Crippen LogP contribution is -2.45. The third kappa shape index (κ3) is 50.4. The Bertz CT molecular complexity index is 1150. The van der Waals surface area contributed by atoms with Crippen LogP contribution in [0.5, 0.6) is 0 Å². The van der Waals surface area contributed by atoms with Crippen molar-refractivity contribution in [1.82, 2.24) is 5.32 Å². The largest absolute Gasteiger partial charge is 0.756 e. The molecule has 65 heavy (non-hydrogen) atoms. The molecular weight excluding hydrogens is 828 g/mol. The Morgan fingerprint density at radius 3 is 1.25 bits per heavy atom. The van der Waals surface area contributed by atoms with Crippen molar-refractivity contribution in [1.29, 1.82) is 0 Å². The predicted molar refractivity (Wildman–Crippen MR) is 279 cm³/mol. The lowest BCUT2D eigenvalue weighted by molar-refractivity contribution is -0.870. The molecule has 0 aromatic carbocycles. The number of hydrogen-bond acceptors (Lipinski definition) is 6. The molecule has 0 radical (unpaired) electrons. The second-order valence-corrected chi connectivity index (χ2v) is 21.7. The van der Waals surface area contributed by atoms with Crippen LogP contribution in [0.4, 0.5) is 0 Å². The molecule has 8 nitrogen and oxygen atoms in total. The molecule has 0 spiro atoms. The van der Waals surface area contributed by atoms with Gasteiger partial charge >= 0.3 is 0 Å². The van der Waals surface area contributed by atoms with E-state index in [9.17, 15) is 19.4 Å². The molecule has 384 valence electrons. The van der Waals surface area contributed by atoms with Gasteiger partial charge in [-0.25, -0.2) is 0 Å². The molecule has 0 aliphatic heterocycles. The first kappa shape index (κ1) is 63.7. The molecule has 0 aliphatic carbocycles. The fourth-order valence-electron chi connectivity index (χ4n) is 8.17. The van der Waals surface area contributed by atoms with Crippen LogP contribution < -0.4 is 10.2 Å². The second kappa shape index (κ2) is 47.8. The average Bonchev–Trinajstić information content (AvgIpc) is 3.26. The Morgan fingerprint density at radius 2 is 0.862 bits per heavy atom. The van der Waals surface area contributed by atoms with Gasteiger partial charge in [-0.3, -0.25) is 9.36 Å². The topological polar surface area (TPSA) is 108 Å². The fraction of sp³-hybridized carbons (Fsp3) is 0.875. The van der Waals surface area contributed by atoms with E-state index in [0.29, 0.717) is 17.4 Å². The molecule has 3 unspecified atom stereocenters. The van der Waals surface area contributed by atoms with E-state index in [1.54, 1.807) is 6.08 Å². The number of amides is 1. The highest BCUT2D eigenvalue weighted by Crippen LogP contribution is 2.38. The summed E-state index contributed by atoms with van der Waals surface area (Å²) in [7, 11) is 1.25. The van der Waals surface area contributed by atoms with Crippen LogP contribution in [0.3, 0.4) is 0 Å². The molecule has 0 aliphatic rings. The first-order valence-electron chi connectivity index (χ1n) is 27.9. The smallest absolute Gasteiger partial charge is 0.268 e. The van der Waals surface area contributed by atoms with E-state index in [2.05, 4.69) is 43.5 Å². The van der Waals surface area contributed by atoms with Gasteiger partial charge in [-0.1, -0.05) is 237 Å². The molecule has 1 amide bonds. The molecule has 0 fully saturated rings. The Balaban J connectivity index is 4.29. The highest BCUT2D eigenvalue weighted by atomic mass is 31.2. The molecule has 0 rings (SSSR count). The highest BCUT2D eigenvalue weighted by molar-refractivity contribution is 7.45. The zero-order chi connectivity index (χ0) is 47.8. The number of unbranched alkanes of at least 4 members (excludes halogenated alkanes) is 34. The molecule has 0 aromatic heterocycles. The number of quaternary nitrogens is 1. The summed E-state index contributed by atoms with van der Waals surface area (Å²) in [6.07, 6.45) is 60.7. The number of carbonyl (C=O) groups is 1. The van der Waals surface area contributed by atoms with Gasteiger partial charge in [0, 0.05) is 6.42 Å². The molecule has 0 saturated carbocycles. The van der Waals surface area contributed by atoms with Crippen molar-refractivity contribution < 1.29 is 32.9 Å². The van der Waals surface area contributed by atoms with E-state index in [0.717, 1.165) is 38.5 Å². The lowest BCUT2D eigenvalue weighted by Gasteiger charge is -2.29. The zero-order valence-corrected chi connectivity index (χ0v) is 44.6. The minimum absolute atomic E-state index is 0.00668. The number of carbonyl (C=O) groups excluding carboxylic acids is 1. The number of nitrogens with one attached hydrogen (secondary N) is 1. The predicted octanol–water partition coefficient (Wildman–Crippen LogP) is 16.0. The number of aliphatic hydroxyl groups excluding tert-OH is 1. The Morgan fingerprint density at radius 1 is 0.523 bits per heavy atom. The van der Waals surface area contributed by atoms with E-state index in [1.165, 1.54) is 205 Å². The van der Waals surface area contributed by atoms with Gasteiger partial charge in [0.05, 0.1) is 39.9 Å². The zero-order valence-electron chi connectivity index (χ0n) is 43.7. The summed E-state index contributed by atoms with van der Waals surface area (Å²) in [4.78, 5) is 25.4. The third-order valence-electron chi connectivity index (χ3n) is 12.6. The minimum atomic E-state index is -4.60. The van der Waals surface area contributed by atoms with E-state index < -0.39 is 26.6 Å². The first-order chi connectivity index (χ1) is 31.5. The van der Waals surface area contributed by atoms with Gasteiger partial charge in [0.25, 0.3) is 7.82 Å². The molecule has 0 saturated heterocycles. The Hall–Kier alpha value is -1.28. The van der Waals surface area contributed by atoms with E-state index in [1.807, 2.05) is 27.2 Å². The summed E-state index contributed by atoms with van der Waals surface area (Å²) in [5.74, 6) is -0.209. The van der Waals surface area contributed by atoms with E-state index in [4.69, 9.17) is 9.05 Å². The highest BCUT2D eigenvalue weighted by Gasteiger charge is 2.23. The number of likely N-dealkylation sites (N-methyl/N-ethyl adjacent to an activating group) is 1. The third-order valence-corrected chi connectivity index (χ3v) is 13.5. The average molecular weight is 937 g/mol. The Kier molecular flexibility index (Phi) is 46.8. The SMILES string of the molecule is CCCCCCCCCC/C=C\CCCCCCCCCC(=O)NC(COP(=O)([O-])OCC[N+](C)(C)C)C(O)/C=C/CC/C=C/CCCCCCCCCCCCCCCCCCCC. The summed E-state index contributed by atoms with van der Waals surface area (Å²) in [6, 6.07) is -0.905. The van der Waals surface area contributed by atoms with E-state index in [-0.39, 0.29) is 12.5 Å². The van der Waals surface area contributed by atoms with E-state index >= 15 is 0 Å². The van der Waals surface area contributed by atoms with Crippen LogP contribution in [0.2, 0.25) is 0 Å². The van der Waals surface area contributed by atoms with Crippen LogP contribution in [0.15, 0.2) is 36.5 Å². The van der Waals surface area contributed by atoms with Crippen molar-refractivity contribution >= 4 is 13.7 Å². The van der Waals surface area contributed by atoms with Crippen LogP contribution in [0.25, 0.3) is 0 Å². The normalized spacial score (nSPS) is 14.3. The van der Waals surface area contributed by atoms with Crippen molar-refractivity contribution in [2.45, 2.75) is 276 Å². The Labute approximate surface area is 404 Å². The summed E-state index contributed by atoms with van der Waals surface area (Å²) in [5.41, 5.74) is 0. The van der Waals surface area contributed by atoms with Crippen molar-refractivity contribution in [3.8, 4) is 0 Å². The van der Waals surface area contributed by atoms with Crippen LogP contribution in [0.1, 0.15) is 264 Å². The van der Waals surface area contributed by atoms with Gasteiger partial charge in [0.2, 0.25) is 5.91 Å². The van der Waals surface area contributed by atoms with Gasteiger partial charge in [-0.2, -0.15) is 0 Å². The van der Waals surface area contributed by atoms with Gasteiger partial charge in [-0.05, 0) is 57.8 Å². The van der Waals surface area contributed by atoms with Gasteiger partial charge in [-0.15, -0.1) is 0 Å². The van der Waals surface area contributed by atoms with Crippen LogP contribution in [-0.2, 0) is 18.4 Å². The summed E-state index contributed by atoms with van der Waals surface area (Å²) < 4.78 is 23.3. The maximum Gasteiger partial charge on any atom is 0.268 e. The van der Waals surface area contributed by atoms with Crippen LogP contribution in [-0.4, -0.2) is 68.5 Å². The van der Waals surface area contributed by atoms with Gasteiger partial charge in [0.15, 0.2) is 0 Å². The molecule has 3 atom stereocenters. The number of allylic oxidation sites excluding steroid dienone is 5. The maximum absolute atomic E-state index is 12.9. The van der Waals surface area contributed by atoms with Crippen LogP contribution in [0, 0.1) is 0 Å². The first-order valence-corrected chi connectivity index (χ1v) is 29.3. The molecule has 9 heteroatoms. The number of rotatable bonds is 51. The maximum atomic E-state index is 12.9. The summed E-state index contributed by atoms with van der Waals surface area (Å²) >= 11 is 0. The van der Waals surface area contributed by atoms with Crippen LogP contribution >= 0.6 is 7.82 Å². The molecule has 0 bridgehead atoms. The van der Waals surface area contributed by atoms with Crippen molar-refractivity contribution in [2.75, 3.05) is 40.9 Å². The molecular formula is C56H109N2O6P. The molecule has 0 aromatic rings. The number of aliphatic hydroxyl groups is 1. The van der Waals surface area contributed by atoms with Crippen molar-refractivity contribution in [2.24, 2.45) is 0 Å². The number of phosphoric ester groups is 1. The second-order valence-electron chi connectivity index (χ2n) is 20.3. The fourth-order valence-corrected chi connectivity index (χ4v) is 8.89. The van der Waals surface area contributed by atoms with Gasteiger partial charge < -0.3 is 28.8 Å². The number of hydrogen-bond donors (Lipinski definition) is 2. The van der Waals surface area contributed by atoms with Gasteiger partial charge in [0.1, 0.15) is 13.2 Å². The molecule has 2 N–H and O–H groups in total. The minimum Gasteiger partial charge on any atom is -0.756 e. The monoisotopic (exact) mass is 937 g/mol. The lowest BCUT2D eigenvalue weighted by atomic mass is 10.0. The van der Waals surface area contributed by atoms with Crippen molar-refractivity contribution in [3.05, 3.63) is 36.5 Å². The number of phosphoric acid groups is 1.